The third kappa shape index (κ3) is 2.16. The molecule has 1 aromatic carbocycles. The molecule has 22 heavy (non-hydrogen) atoms. The number of nitrogens with one attached hydrogen (secondary N) is 1. The highest BCUT2D eigenvalue weighted by Gasteiger charge is 2.51. The Kier molecular flexibility index (Phi) is 2.84. The van der Waals surface area contributed by atoms with E-state index in [0.29, 0.717) is 5.54 Å². The van der Waals surface area contributed by atoms with Crippen molar-refractivity contribution in [3.8, 4) is 10.6 Å². The number of anilines is 1. The summed E-state index contributed by atoms with van der Waals surface area (Å²) in [5, 5.41) is 14.7. The summed E-state index contributed by atoms with van der Waals surface area (Å²) < 4.78 is 0. The van der Waals surface area contributed by atoms with Crippen molar-refractivity contribution in [2.24, 2.45) is 17.8 Å². The molecule has 0 unspecified atom stereocenters. The van der Waals surface area contributed by atoms with Crippen LogP contribution in [0.2, 0.25) is 0 Å². The summed E-state index contributed by atoms with van der Waals surface area (Å²) >= 11 is 1.70. The number of nitrogens with zero attached hydrogens (tertiary/aromatic N) is 2. The van der Waals surface area contributed by atoms with Gasteiger partial charge in [-0.05, 0) is 56.3 Å². The van der Waals surface area contributed by atoms with E-state index in [-0.39, 0.29) is 0 Å². The van der Waals surface area contributed by atoms with Gasteiger partial charge in [-0.25, -0.2) is 0 Å². The zero-order chi connectivity index (χ0) is 14.6. The molecule has 0 saturated heterocycles. The van der Waals surface area contributed by atoms with Crippen LogP contribution in [-0.4, -0.2) is 15.7 Å². The van der Waals surface area contributed by atoms with Crippen LogP contribution < -0.4 is 5.32 Å². The molecule has 4 aliphatic carbocycles. The van der Waals surface area contributed by atoms with E-state index in [1.54, 1.807) is 11.3 Å². The van der Waals surface area contributed by atoms with Crippen LogP contribution in [0.3, 0.4) is 0 Å². The first-order chi connectivity index (χ1) is 10.8. The van der Waals surface area contributed by atoms with Crippen molar-refractivity contribution in [2.75, 3.05) is 5.32 Å². The fourth-order valence-electron chi connectivity index (χ4n) is 5.46. The molecule has 0 spiro atoms. The Morgan fingerprint density at radius 1 is 0.909 bits per heavy atom. The lowest BCUT2D eigenvalue weighted by atomic mass is 9.53. The van der Waals surface area contributed by atoms with Gasteiger partial charge in [-0.15, -0.1) is 10.2 Å². The van der Waals surface area contributed by atoms with Crippen LogP contribution in [0.4, 0.5) is 5.13 Å². The SMILES string of the molecule is c1ccc(-c2nnc(NC34CC5CC(CC(C5)C3)C4)s2)cc1. The lowest BCUT2D eigenvalue weighted by Gasteiger charge is -2.56. The average molecular weight is 311 g/mol. The van der Waals surface area contributed by atoms with Crippen LogP contribution in [0.25, 0.3) is 10.6 Å². The first-order valence-corrected chi connectivity index (χ1v) is 9.27. The molecular weight excluding hydrogens is 290 g/mol. The molecule has 2 aromatic rings. The van der Waals surface area contributed by atoms with Gasteiger partial charge in [0.2, 0.25) is 5.13 Å². The van der Waals surface area contributed by atoms with Crippen LogP contribution in [0.15, 0.2) is 30.3 Å². The molecular formula is C18H21N3S. The van der Waals surface area contributed by atoms with Crippen molar-refractivity contribution in [3.63, 3.8) is 0 Å². The molecule has 1 N–H and O–H groups in total. The minimum absolute atomic E-state index is 0.322. The van der Waals surface area contributed by atoms with Gasteiger partial charge in [-0.3, -0.25) is 0 Å². The maximum Gasteiger partial charge on any atom is 0.206 e. The first-order valence-electron chi connectivity index (χ1n) is 8.45. The van der Waals surface area contributed by atoms with Crippen molar-refractivity contribution < 1.29 is 0 Å². The first kappa shape index (κ1) is 13.1. The Morgan fingerprint density at radius 2 is 1.55 bits per heavy atom. The summed E-state index contributed by atoms with van der Waals surface area (Å²) in [5.74, 6) is 2.88. The molecule has 1 aromatic heterocycles. The highest BCUT2D eigenvalue weighted by Crippen LogP contribution is 2.56. The third-order valence-corrected chi connectivity index (χ3v) is 6.74. The zero-order valence-electron chi connectivity index (χ0n) is 12.7. The predicted molar refractivity (Wildman–Crippen MR) is 89.9 cm³/mol. The zero-order valence-corrected chi connectivity index (χ0v) is 13.5. The lowest BCUT2D eigenvalue weighted by Crippen LogP contribution is -2.54. The largest absolute Gasteiger partial charge is 0.355 e. The van der Waals surface area contributed by atoms with Crippen molar-refractivity contribution >= 4 is 16.5 Å². The van der Waals surface area contributed by atoms with E-state index in [1.165, 1.54) is 44.1 Å². The van der Waals surface area contributed by atoms with Gasteiger partial charge in [0.15, 0.2) is 0 Å². The molecule has 3 nitrogen and oxygen atoms in total. The predicted octanol–water partition coefficient (Wildman–Crippen LogP) is 4.59. The summed E-state index contributed by atoms with van der Waals surface area (Å²) in [6, 6.07) is 10.4. The van der Waals surface area contributed by atoms with Crippen LogP contribution in [0.1, 0.15) is 38.5 Å². The second-order valence-corrected chi connectivity index (χ2v) is 8.58. The molecule has 0 amide bonds. The third-order valence-electron chi connectivity index (χ3n) is 5.86. The summed E-state index contributed by atoms with van der Waals surface area (Å²) in [4.78, 5) is 0. The van der Waals surface area contributed by atoms with E-state index >= 15 is 0 Å². The Labute approximate surface area is 135 Å². The standard InChI is InChI=1S/C18H21N3S/c1-2-4-15(5-3-1)16-20-21-17(22-16)19-18-9-12-6-13(10-18)8-14(7-12)11-18/h1-5,12-14H,6-11H2,(H,19,21). The molecule has 4 heteroatoms. The van der Waals surface area contributed by atoms with Gasteiger partial charge in [-0.2, -0.15) is 0 Å². The summed E-state index contributed by atoms with van der Waals surface area (Å²) in [6.45, 7) is 0. The fraction of sp³-hybridized carbons (Fsp3) is 0.556. The van der Waals surface area contributed by atoms with Gasteiger partial charge in [0.25, 0.3) is 0 Å². The van der Waals surface area contributed by atoms with Crippen molar-refractivity contribution in [3.05, 3.63) is 30.3 Å². The Morgan fingerprint density at radius 3 is 2.18 bits per heavy atom. The monoisotopic (exact) mass is 311 g/mol. The number of hydrogen-bond acceptors (Lipinski definition) is 4. The lowest BCUT2D eigenvalue weighted by molar-refractivity contribution is 0.0107. The van der Waals surface area contributed by atoms with Crippen molar-refractivity contribution in [1.82, 2.24) is 10.2 Å². The number of aromatic nitrogens is 2. The summed E-state index contributed by atoms with van der Waals surface area (Å²) in [6.07, 6.45) is 8.47. The number of hydrogen-bond donors (Lipinski definition) is 1. The van der Waals surface area contributed by atoms with Crippen LogP contribution in [0, 0.1) is 17.8 Å². The van der Waals surface area contributed by atoms with Gasteiger partial charge < -0.3 is 5.32 Å². The maximum atomic E-state index is 4.43. The minimum Gasteiger partial charge on any atom is -0.355 e. The Balaban J connectivity index is 1.39. The van der Waals surface area contributed by atoms with E-state index in [1.807, 2.05) is 6.07 Å². The molecule has 114 valence electrons. The van der Waals surface area contributed by atoms with Gasteiger partial charge in [-0.1, -0.05) is 41.7 Å². The molecule has 4 aliphatic rings. The van der Waals surface area contributed by atoms with Gasteiger partial charge >= 0.3 is 0 Å². The van der Waals surface area contributed by atoms with Gasteiger partial charge in [0, 0.05) is 11.1 Å². The smallest absolute Gasteiger partial charge is 0.206 e. The van der Waals surface area contributed by atoms with Gasteiger partial charge in [0.05, 0.1) is 0 Å². The molecule has 4 saturated carbocycles. The Hall–Kier alpha value is -1.42. The van der Waals surface area contributed by atoms with E-state index in [2.05, 4.69) is 39.8 Å². The van der Waals surface area contributed by atoms with E-state index in [0.717, 1.165) is 27.9 Å². The molecule has 6 rings (SSSR count). The minimum atomic E-state index is 0.322. The topological polar surface area (TPSA) is 37.8 Å². The summed E-state index contributed by atoms with van der Waals surface area (Å²) in [7, 11) is 0. The van der Waals surface area contributed by atoms with E-state index < -0.39 is 0 Å². The Bertz CT molecular complexity index is 643. The molecule has 0 radical (unpaired) electrons. The maximum absolute atomic E-state index is 4.43. The number of benzene rings is 1. The van der Waals surface area contributed by atoms with Crippen molar-refractivity contribution in [1.29, 1.82) is 0 Å². The molecule has 0 atom stereocenters. The number of rotatable bonds is 3. The van der Waals surface area contributed by atoms with Crippen LogP contribution in [0.5, 0.6) is 0 Å². The average Bonchev–Trinajstić information content (AvgIpc) is 2.94. The highest BCUT2D eigenvalue weighted by atomic mass is 32.1. The van der Waals surface area contributed by atoms with Crippen LogP contribution >= 0.6 is 11.3 Å². The summed E-state index contributed by atoms with van der Waals surface area (Å²) in [5.41, 5.74) is 1.49. The van der Waals surface area contributed by atoms with E-state index in [4.69, 9.17) is 0 Å². The van der Waals surface area contributed by atoms with Crippen LogP contribution in [-0.2, 0) is 0 Å². The molecule has 0 aliphatic heterocycles. The van der Waals surface area contributed by atoms with Crippen molar-refractivity contribution in [2.45, 2.75) is 44.1 Å². The second-order valence-electron chi connectivity index (χ2n) is 7.60. The second kappa shape index (κ2) is 4.79. The molecule has 4 bridgehead atoms. The highest BCUT2D eigenvalue weighted by molar-refractivity contribution is 7.18. The fourth-order valence-corrected chi connectivity index (χ4v) is 6.33. The molecule has 1 heterocycles. The normalized spacial score (nSPS) is 35.7. The van der Waals surface area contributed by atoms with E-state index in [9.17, 15) is 0 Å². The van der Waals surface area contributed by atoms with Gasteiger partial charge in [0.1, 0.15) is 5.01 Å². The quantitative estimate of drug-likeness (QED) is 0.901. The molecule has 4 fully saturated rings.